The van der Waals surface area contributed by atoms with Crippen LogP contribution >= 0.6 is 0 Å². The Balaban J connectivity index is 1.39. The number of alkyl halides is 1. The molecule has 3 aromatic rings. The van der Waals surface area contributed by atoms with Gasteiger partial charge in [0.25, 0.3) is 0 Å². The lowest BCUT2D eigenvalue weighted by Gasteiger charge is -2.33. The number of likely N-dealkylation sites (tertiary alicyclic amines) is 1. The largest absolute Gasteiger partial charge is 0.508 e. The number of rotatable bonds is 7. The second-order valence-corrected chi connectivity index (χ2v) is 13.2. The van der Waals surface area contributed by atoms with Crippen LogP contribution in [0.5, 0.6) is 11.8 Å². The van der Waals surface area contributed by atoms with Gasteiger partial charge in [0.2, 0.25) is 5.91 Å². The van der Waals surface area contributed by atoms with Crippen LogP contribution in [0, 0.1) is 18.2 Å². The summed E-state index contributed by atoms with van der Waals surface area (Å²) in [4.78, 5) is 26.2. The first-order chi connectivity index (χ1) is 22.1. The average Bonchev–Trinajstić information content (AvgIpc) is 3.16. The summed E-state index contributed by atoms with van der Waals surface area (Å²) in [6, 6.07) is 6.41. The molecule has 2 fully saturated rings. The van der Waals surface area contributed by atoms with Crippen molar-refractivity contribution in [3.05, 3.63) is 65.1 Å². The molecule has 242 valence electrons. The topological polar surface area (TPSA) is 90.8 Å². The molecular weight excluding hydrogens is 588 g/mol. The van der Waals surface area contributed by atoms with E-state index in [-0.39, 0.29) is 41.8 Å². The standard InChI is InChI=1S/C36H41F2N5O3/c1-5-27-30(38)13-11-23-15-26(44)17-29(33(23)27)22-10-12-28-31(16-22)40-35(46-21-36(3)18-24(37)19-42(36)4)41-34(28)43-14-8-7-9-25(20-43)39-32(45)6-2/h1,6,11,13,15,17,22,24-25,44H,2,7-10,12,14,16,18-21H2,3-4H3,(H,39,45)/t22-,24-,25?,36+/m1/s1. The van der Waals surface area contributed by atoms with Gasteiger partial charge < -0.3 is 20.1 Å². The number of carbonyl (C=O) groups is 1. The Kier molecular flexibility index (Phi) is 8.88. The third kappa shape index (κ3) is 6.25. The smallest absolute Gasteiger partial charge is 0.318 e. The number of halogens is 2. The van der Waals surface area contributed by atoms with Gasteiger partial charge in [-0.3, -0.25) is 9.69 Å². The normalized spacial score (nSPS) is 25.0. The van der Waals surface area contributed by atoms with Crippen LogP contribution in [0.2, 0.25) is 0 Å². The first-order valence-corrected chi connectivity index (χ1v) is 16.1. The van der Waals surface area contributed by atoms with Gasteiger partial charge >= 0.3 is 6.01 Å². The number of hydrogen-bond acceptors (Lipinski definition) is 7. The van der Waals surface area contributed by atoms with Crippen molar-refractivity contribution < 1.29 is 23.4 Å². The van der Waals surface area contributed by atoms with Crippen LogP contribution in [0.15, 0.2) is 36.9 Å². The maximum atomic E-state index is 14.9. The SMILES string of the molecule is C#Cc1c(F)ccc2cc(O)cc([C@@H]3CCc4c(nc(OC[C@]5(C)C[C@@H](F)CN5C)nc4N4CCCCC(NC(=O)C=C)C4)C3)c12. The minimum Gasteiger partial charge on any atom is -0.508 e. The van der Waals surface area contributed by atoms with Crippen molar-refractivity contribution in [2.45, 2.75) is 75.5 Å². The number of ether oxygens (including phenoxy) is 1. The quantitative estimate of drug-likeness (QED) is 0.274. The fraction of sp³-hybridized carbons (Fsp3) is 0.472. The molecule has 3 aliphatic rings. The summed E-state index contributed by atoms with van der Waals surface area (Å²) in [7, 11) is 1.90. The molecule has 0 saturated carbocycles. The number of hydrogen-bond donors (Lipinski definition) is 2. The second kappa shape index (κ2) is 12.9. The molecule has 1 aromatic heterocycles. The molecule has 4 atom stereocenters. The molecule has 2 aliphatic heterocycles. The van der Waals surface area contributed by atoms with Crippen molar-refractivity contribution in [1.82, 2.24) is 20.2 Å². The van der Waals surface area contributed by atoms with Crippen molar-refractivity contribution in [1.29, 1.82) is 0 Å². The van der Waals surface area contributed by atoms with E-state index in [9.17, 15) is 18.7 Å². The van der Waals surface area contributed by atoms with E-state index in [0.717, 1.165) is 48.4 Å². The predicted octanol–water partition coefficient (Wildman–Crippen LogP) is 5.20. The number of phenolic OH excluding ortho intramolecular Hbond substituents is 1. The Hall–Kier alpha value is -4.23. The van der Waals surface area contributed by atoms with Gasteiger partial charge in [-0.25, -0.2) is 8.78 Å². The second-order valence-electron chi connectivity index (χ2n) is 13.2. The van der Waals surface area contributed by atoms with Gasteiger partial charge in [-0.05, 0) is 93.6 Å². The number of benzene rings is 2. The van der Waals surface area contributed by atoms with Crippen molar-refractivity contribution >= 4 is 22.5 Å². The van der Waals surface area contributed by atoms with Crippen LogP contribution in [0.25, 0.3) is 10.8 Å². The van der Waals surface area contributed by atoms with E-state index in [2.05, 4.69) is 22.7 Å². The number of nitrogens with one attached hydrogen (secondary N) is 1. The average molecular weight is 630 g/mol. The first-order valence-electron chi connectivity index (χ1n) is 16.1. The zero-order chi connectivity index (χ0) is 32.6. The number of aromatic hydroxyl groups is 1. The van der Waals surface area contributed by atoms with Crippen LogP contribution in [-0.2, 0) is 17.6 Å². The molecule has 0 bridgehead atoms. The monoisotopic (exact) mass is 629 g/mol. The number of terminal acetylenes is 1. The number of aromatic nitrogens is 2. The maximum absolute atomic E-state index is 14.9. The molecule has 10 heteroatoms. The Morgan fingerprint density at radius 2 is 2.11 bits per heavy atom. The van der Waals surface area contributed by atoms with Crippen molar-refractivity contribution in [2.75, 3.05) is 38.2 Å². The summed E-state index contributed by atoms with van der Waals surface area (Å²) in [6.45, 7) is 7.50. The van der Waals surface area contributed by atoms with E-state index < -0.39 is 17.5 Å². The Morgan fingerprint density at radius 3 is 2.85 bits per heavy atom. The summed E-state index contributed by atoms with van der Waals surface area (Å²) < 4.78 is 35.5. The van der Waals surface area contributed by atoms with Gasteiger partial charge in [0.1, 0.15) is 30.2 Å². The highest BCUT2D eigenvalue weighted by molar-refractivity contribution is 5.93. The number of carbonyl (C=O) groups excluding carboxylic acids is 1. The minimum atomic E-state index is -0.922. The lowest BCUT2D eigenvalue weighted by molar-refractivity contribution is -0.117. The molecule has 2 N–H and O–H groups in total. The van der Waals surface area contributed by atoms with E-state index in [1.165, 1.54) is 12.1 Å². The lowest BCUT2D eigenvalue weighted by Crippen LogP contribution is -2.44. The summed E-state index contributed by atoms with van der Waals surface area (Å²) in [6.07, 6.45) is 11.1. The lowest BCUT2D eigenvalue weighted by atomic mass is 9.79. The van der Waals surface area contributed by atoms with Crippen LogP contribution in [0.1, 0.15) is 67.3 Å². The summed E-state index contributed by atoms with van der Waals surface area (Å²) in [5.74, 6) is 2.62. The molecule has 8 nitrogen and oxygen atoms in total. The van der Waals surface area contributed by atoms with Crippen LogP contribution in [-0.4, -0.2) is 76.9 Å². The van der Waals surface area contributed by atoms with Gasteiger partial charge in [-0.1, -0.05) is 18.6 Å². The van der Waals surface area contributed by atoms with E-state index in [4.69, 9.17) is 21.1 Å². The fourth-order valence-corrected chi connectivity index (χ4v) is 7.40. The van der Waals surface area contributed by atoms with Crippen molar-refractivity contribution in [3.63, 3.8) is 0 Å². The summed E-state index contributed by atoms with van der Waals surface area (Å²) >= 11 is 0. The number of fused-ring (bicyclic) bond motifs is 2. The predicted molar refractivity (Wildman–Crippen MR) is 175 cm³/mol. The van der Waals surface area contributed by atoms with Gasteiger partial charge in [0.15, 0.2) is 0 Å². The number of amides is 1. The molecule has 1 amide bonds. The third-order valence-corrected chi connectivity index (χ3v) is 9.97. The molecule has 0 spiro atoms. The van der Waals surface area contributed by atoms with E-state index in [0.29, 0.717) is 49.5 Å². The summed E-state index contributed by atoms with van der Waals surface area (Å²) in [5.41, 5.74) is 2.30. The summed E-state index contributed by atoms with van der Waals surface area (Å²) in [5, 5.41) is 15.0. The van der Waals surface area contributed by atoms with Crippen LogP contribution < -0.4 is 15.0 Å². The van der Waals surface area contributed by atoms with Gasteiger partial charge in [0, 0.05) is 43.0 Å². The van der Waals surface area contributed by atoms with Gasteiger partial charge in [-0.15, -0.1) is 6.42 Å². The molecule has 46 heavy (non-hydrogen) atoms. The minimum absolute atomic E-state index is 0.0670. The number of likely N-dealkylation sites (N-methyl/N-ethyl adjacent to an activating group) is 1. The van der Waals surface area contributed by atoms with Gasteiger partial charge in [-0.2, -0.15) is 9.97 Å². The van der Waals surface area contributed by atoms with Crippen LogP contribution in [0.4, 0.5) is 14.6 Å². The molecule has 2 aromatic carbocycles. The number of nitrogens with zero attached hydrogens (tertiary/aromatic N) is 4. The Morgan fingerprint density at radius 1 is 1.28 bits per heavy atom. The molecule has 1 aliphatic carbocycles. The molecule has 0 radical (unpaired) electrons. The number of phenols is 1. The molecule has 2 saturated heterocycles. The molecule has 1 unspecified atom stereocenters. The Labute approximate surface area is 268 Å². The van der Waals surface area contributed by atoms with Crippen molar-refractivity contribution in [3.8, 4) is 24.1 Å². The van der Waals surface area contributed by atoms with E-state index >= 15 is 0 Å². The number of anilines is 1. The van der Waals surface area contributed by atoms with E-state index in [1.807, 2.05) is 18.9 Å². The van der Waals surface area contributed by atoms with Crippen LogP contribution in [0.3, 0.4) is 0 Å². The van der Waals surface area contributed by atoms with Crippen molar-refractivity contribution in [2.24, 2.45) is 0 Å². The fourth-order valence-electron chi connectivity index (χ4n) is 7.40. The maximum Gasteiger partial charge on any atom is 0.318 e. The Bertz CT molecular complexity index is 1710. The molecule has 3 heterocycles. The van der Waals surface area contributed by atoms with E-state index in [1.54, 1.807) is 18.2 Å². The molecule has 6 rings (SSSR count). The highest BCUT2D eigenvalue weighted by Crippen LogP contribution is 2.42. The zero-order valence-corrected chi connectivity index (χ0v) is 26.5. The highest BCUT2D eigenvalue weighted by Gasteiger charge is 2.41. The highest BCUT2D eigenvalue weighted by atomic mass is 19.1. The third-order valence-electron chi connectivity index (χ3n) is 9.97. The first kappa shape index (κ1) is 31.7. The zero-order valence-electron chi connectivity index (χ0n) is 26.5. The van der Waals surface area contributed by atoms with Gasteiger partial charge in [0.05, 0.1) is 16.8 Å². The molecular formula is C36H41F2N5O3.